The fraction of sp³-hybridized carbons (Fsp3) is 0.360. The molecular weight excluding hydrogens is 463 g/mol. The molecule has 1 heterocycles. The van der Waals surface area contributed by atoms with Crippen molar-refractivity contribution >= 4 is 22.9 Å². The summed E-state index contributed by atoms with van der Waals surface area (Å²) in [5, 5.41) is 4.64. The lowest BCUT2D eigenvalue weighted by Gasteiger charge is -2.30. The molecule has 0 spiro atoms. The van der Waals surface area contributed by atoms with Crippen LogP contribution >= 0.6 is 11.3 Å². The number of alkyl halides is 3. The van der Waals surface area contributed by atoms with Gasteiger partial charge in [0.05, 0.1) is 5.56 Å². The Morgan fingerprint density at radius 2 is 1.79 bits per heavy atom. The number of halogens is 3. The second kappa shape index (κ2) is 11.0. The van der Waals surface area contributed by atoms with E-state index >= 15 is 0 Å². The van der Waals surface area contributed by atoms with Gasteiger partial charge in [0, 0.05) is 41.3 Å². The Hall–Kier alpha value is -2.91. The molecule has 0 saturated heterocycles. The van der Waals surface area contributed by atoms with E-state index in [0.29, 0.717) is 40.7 Å². The van der Waals surface area contributed by atoms with E-state index in [9.17, 15) is 18.0 Å². The van der Waals surface area contributed by atoms with Crippen molar-refractivity contribution in [3.8, 4) is 16.3 Å². The maximum absolute atomic E-state index is 13.0. The van der Waals surface area contributed by atoms with Gasteiger partial charge in [-0.05, 0) is 52.0 Å². The Kier molecular flexibility index (Phi) is 8.33. The molecule has 9 heteroatoms. The van der Waals surface area contributed by atoms with E-state index in [1.807, 2.05) is 6.07 Å². The molecule has 0 radical (unpaired) electrons. The van der Waals surface area contributed by atoms with Crippen molar-refractivity contribution < 1.29 is 22.7 Å². The average molecular weight is 492 g/mol. The number of benzene rings is 2. The third-order valence-corrected chi connectivity index (χ3v) is 6.10. The predicted octanol–water partition coefficient (Wildman–Crippen LogP) is 6.58. The zero-order chi connectivity index (χ0) is 24.9. The van der Waals surface area contributed by atoms with Crippen molar-refractivity contribution in [2.75, 3.05) is 18.5 Å². The number of amides is 1. The van der Waals surface area contributed by atoms with Gasteiger partial charge >= 0.3 is 6.18 Å². The Morgan fingerprint density at radius 1 is 1.09 bits per heavy atom. The van der Waals surface area contributed by atoms with Crippen LogP contribution in [0.4, 0.5) is 18.9 Å². The van der Waals surface area contributed by atoms with Crippen LogP contribution in [-0.2, 0) is 6.18 Å². The zero-order valence-corrected chi connectivity index (χ0v) is 20.3. The number of nitrogens with zero attached hydrogens (tertiary/aromatic N) is 2. The summed E-state index contributed by atoms with van der Waals surface area (Å²) in [5.41, 5.74) is 0.230. The van der Waals surface area contributed by atoms with Gasteiger partial charge in [0.2, 0.25) is 0 Å². The van der Waals surface area contributed by atoms with Gasteiger partial charge in [0.25, 0.3) is 5.91 Å². The summed E-state index contributed by atoms with van der Waals surface area (Å²) >= 11 is 1.11. The van der Waals surface area contributed by atoms with Gasteiger partial charge in [-0.1, -0.05) is 18.2 Å². The fourth-order valence-corrected chi connectivity index (χ4v) is 4.38. The number of rotatable bonds is 9. The number of aromatic nitrogens is 1. The van der Waals surface area contributed by atoms with Gasteiger partial charge in [-0.3, -0.25) is 9.69 Å². The minimum Gasteiger partial charge on any atom is -0.492 e. The molecule has 2 aromatic carbocycles. The van der Waals surface area contributed by atoms with E-state index in [1.54, 1.807) is 18.2 Å². The van der Waals surface area contributed by atoms with Crippen molar-refractivity contribution in [2.45, 2.75) is 46.0 Å². The van der Waals surface area contributed by atoms with Crippen molar-refractivity contribution in [3.63, 3.8) is 0 Å². The maximum atomic E-state index is 13.0. The first-order chi connectivity index (χ1) is 16.0. The topological polar surface area (TPSA) is 54.5 Å². The van der Waals surface area contributed by atoms with E-state index in [1.165, 1.54) is 17.5 Å². The van der Waals surface area contributed by atoms with Crippen LogP contribution in [0.15, 0.2) is 53.9 Å². The molecule has 0 aliphatic heterocycles. The third-order valence-electron chi connectivity index (χ3n) is 5.21. The number of carbonyl (C=O) groups is 1. The molecule has 3 rings (SSSR count). The second-order valence-corrected chi connectivity index (χ2v) is 9.23. The van der Waals surface area contributed by atoms with Crippen LogP contribution in [0.2, 0.25) is 0 Å². The Labute approximate surface area is 201 Å². The third kappa shape index (κ3) is 6.80. The first kappa shape index (κ1) is 25.7. The van der Waals surface area contributed by atoms with Gasteiger partial charge < -0.3 is 10.1 Å². The monoisotopic (exact) mass is 491 g/mol. The summed E-state index contributed by atoms with van der Waals surface area (Å²) in [6.07, 6.45) is -4.44. The van der Waals surface area contributed by atoms with Crippen LogP contribution in [0.25, 0.3) is 10.6 Å². The van der Waals surface area contributed by atoms with Crippen LogP contribution in [0.3, 0.4) is 0 Å². The largest absolute Gasteiger partial charge is 0.492 e. The molecule has 0 saturated carbocycles. The molecule has 5 nitrogen and oxygen atoms in total. The number of ether oxygens (including phenoxy) is 1. The number of hydrogen-bond acceptors (Lipinski definition) is 5. The molecule has 0 aliphatic rings. The molecule has 0 bridgehead atoms. The standard InChI is InChI=1S/C25H28F3N3O2S/c1-16(2)31(17(3)4)11-12-33-21-10-6-9-20(14-21)29-23(32)22-15-34-24(30-22)18-7-5-8-19(13-18)25(26,27)28/h5-10,13-17H,11-12H2,1-4H3,(H,29,32). The number of anilines is 1. The van der Waals surface area contributed by atoms with Gasteiger partial charge in [-0.25, -0.2) is 4.98 Å². The molecule has 0 unspecified atom stereocenters. The molecule has 1 amide bonds. The summed E-state index contributed by atoms with van der Waals surface area (Å²) in [4.78, 5) is 19.2. The Bertz CT molecular complexity index is 1100. The number of hydrogen-bond donors (Lipinski definition) is 1. The van der Waals surface area contributed by atoms with E-state index in [0.717, 1.165) is 30.0 Å². The predicted molar refractivity (Wildman–Crippen MR) is 129 cm³/mol. The summed E-state index contributed by atoms with van der Waals surface area (Å²) in [6, 6.07) is 12.8. The highest BCUT2D eigenvalue weighted by Gasteiger charge is 2.30. The van der Waals surface area contributed by atoms with E-state index in [2.05, 4.69) is 42.9 Å². The zero-order valence-electron chi connectivity index (χ0n) is 19.5. The molecule has 1 aromatic heterocycles. The Balaban J connectivity index is 1.63. The van der Waals surface area contributed by atoms with Crippen molar-refractivity contribution in [1.29, 1.82) is 0 Å². The summed E-state index contributed by atoms with van der Waals surface area (Å²) in [6.45, 7) is 9.88. The normalized spacial score (nSPS) is 11.9. The molecule has 3 aromatic rings. The quantitative estimate of drug-likeness (QED) is 0.367. The minimum atomic E-state index is -4.44. The van der Waals surface area contributed by atoms with Crippen molar-refractivity contribution in [2.24, 2.45) is 0 Å². The maximum Gasteiger partial charge on any atom is 0.416 e. The number of thiazole rings is 1. The van der Waals surface area contributed by atoms with Crippen molar-refractivity contribution in [1.82, 2.24) is 9.88 Å². The minimum absolute atomic E-state index is 0.133. The molecule has 1 N–H and O–H groups in total. The average Bonchev–Trinajstić information content (AvgIpc) is 3.26. The first-order valence-electron chi connectivity index (χ1n) is 11.0. The lowest BCUT2D eigenvalue weighted by atomic mass is 10.1. The van der Waals surface area contributed by atoms with Crippen LogP contribution in [-0.4, -0.2) is 41.0 Å². The van der Waals surface area contributed by atoms with Crippen LogP contribution in [0.1, 0.15) is 43.7 Å². The van der Waals surface area contributed by atoms with Gasteiger partial charge in [0.1, 0.15) is 23.1 Å². The Morgan fingerprint density at radius 3 is 2.47 bits per heavy atom. The molecule has 34 heavy (non-hydrogen) atoms. The smallest absolute Gasteiger partial charge is 0.416 e. The summed E-state index contributed by atoms with van der Waals surface area (Å²) in [5.74, 6) is 0.186. The molecule has 0 aliphatic carbocycles. The van der Waals surface area contributed by atoms with Crippen LogP contribution in [0, 0.1) is 0 Å². The second-order valence-electron chi connectivity index (χ2n) is 8.37. The summed E-state index contributed by atoms with van der Waals surface area (Å²) < 4.78 is 44.8. The number of nitrogens with one attached hydrogen (secondary N) is 1. The van der Waals surface area contributed by atoms with Gasteiger partial charge in [0.15, 0.2) is 0 Å². The van der Waals surface area contributed by atoms with E-state index < -0.39 is 17.6 Å². The van der Waals surface area contributed by atoms with E-state index in [-0.39, 0.29) is 5.69 Å². The van der Waals surface area contributed by atoms with Gasteiger partial charge in [-0.2, -0.15) is 13.2 Å². The molecular formula is C25H28F3N3O2S. The van der Waals surface area contributed by atoms with Gasteiger partial charge in [-0.15, -0.1) is 11.3 Å². The highest BCUT2D eigenvalue weighted by atomic mass is 32.1. The molecule has 0 fully saturated rings. The highest BCUT2D eigenvalue weighted by Crippen LogP contribution is 2.33. The lowest BCUT2D eigenvalue weighted by molar-refractivity contribution is -0.137. The van der Waals surface area contributed by atoms with E-state index in [4.69, 9.17) is 4.74 Å². The van der Waals surface area contributed by atoms with Crippen LogP contribution < -0.4 is 10.1 Å². The highest BCUT2D eigenvalue weighted by molar-refractivity contribution is 7.13. The number of carbonyl (C=O) groups excluding carboxylic acids is 1. The first-order valence-corrected chi connectivity index (χ1v) is 11.9. The lowest BCUT2D eigenvalue weighted by Crippen LogP contribution is -2.39. The van der Waals surface area contributed by atoms with Crippen molar-refractivity contribution in [3.05, 3.63) is 65.2 Å². The van der Waals surface area contributed by atoms with Crippen LogP contribution in [0.5, 0.6) is 5.75 Å². The molecule has 182 valence electrons. The molecule has 0 atom stereocenters. The SMILES string of the molecule is CC(C)N(CCOc1cccc(NC(=O)c2csc(-c3cccc(C(F)(F)F)c3)n2)c1)C(C)C. The summed E-state index contributed by atoms with van der Waals surface area (Å²) in [7, 11) is 0. The fourth-order valence-electron chi connectivity index (χ4n) is 3.58.